The second kappa shape index (κ2) is 8.52. The van der Waals surface area contributed by atoms with E-state index in [-0.39, 0.29) is 29.7 Å². The molecule has 5 nitrogen and oxygen atoms in total. The van der Waals surface area contributed by atoms with Gasteiger partial charge in [0.05, 0.1) is 6.61 Å². The summed E-state index contributed by atoms with van der Waals surface area (Å²) in [6, 6.07) is 8.80. The van der Waals surface area contributed by atoms with Gasteiger partial charge in [-0.2, -0.15) is 0 Å². The highest BCUT2D eigenvalue weighted by atomic mass is 16.5. The monoisotopic (exact) mass is 356 g/mol. The van der Waals surface area contributed by atoms with Crippen LogP contribution in [0.1, 0.15) is 43.6 Å². The van der Waals surface area contributed by atoms with Gasteiger partial charge in [0.25, 0.3) is 0 Å². The van der Waals surface area contributed by atoms with Crippen molar-refractivity contribution in [2.75, 3.05) is 13.2 Å². The third-order valence-corrected chi connectivity index (χ3v) is 3.98. The Balaban J connectivity index is 2.62. The number of carbonyl (C=O) groups is 2. The van der Waals surface area contributed by atoms with E-state index in [1.54, 1.807) is 26.0 Å². The Morgan fingerprint density at radius 2 is 1.73 bits per heavy atom. The Morgan fingerprint density at radius 3 is 2.31 bits per heavy atom. The van der Waals surface area contributed by atoms with Gasteiger partial charge >= 0.3 is 0 Å². The van der Waals surface area contributed by atoms with Gasteiger partial charge in [-0.3, -0.25) is 9.59 Å². The molecule has 26 heavy (non-hydrogen) atoms. The van der Waals surface area contributed by atoms with Gasteiger partial charge in [0.1, 0.15) is 6.61 Å². The van der Waals surface area contributed by atoms with Gasteiger partial charge in [-0.25, -0.2) is 0 Å². The van der Waals surface area contributed by atoms with Gasteiger partial charge in [0.15, 0.2) is 23.1 Å². The van der Waals surface area contributed by atoms with Crippen LogP contribution in [-0.4, -0.2) is 29.9 Å². The molecule has 0 spiro atoms. The van der Waals surface area contributed by atoms with Crippen LogP contribution in [0.25, 0.3) is 11.1 Å². The summed E-state index contributed by atoms with van der Waals surface area (Å²) in [4.78, 5) is 23.2. The van der Waals surface area contributed by atoms with Crippen LogP contribution in [-0.2, 0) is 11.2 Å². The fourth-order valence-electron chi connectivity index (χ4n) is 2.78. The Bertz CT molecular complexity index is 823. The molecular formula is C21H24O5. The smallest absolute Gasteiger partial charge is 0.203 e. The van der Waals surface area contributed by atoms with E-state index in [0.29, 0.717) is 29.9 Å². The van der Waals surface area contributed by atoms with Crippen molar-refractivity contribution >= 4 is 11.6 Å². The van der Waals surface area contributed by atoms with Crippen molar-refractivity contribution in [2.24, 2.45) is 0 Å². The Morgan fingerprint density at radius 1 is 1.00 bits per heavy atom. The summed E-state index contributed by atoms with van der Waals surface area (Å²) in [5, 5.41) is 10.1. The van der Waals surface area contributed by atoms with E-state index in [4.69, 9.17) is 9.47 Å². The van der Waals surface area contributed by atoms with Crippen LogP contribution in [0.2, 0.25) is 0 Å². The Hall–Kier alpha value is -2.82. The highest BCUT2D eigenvalue weighted by Crippen LogP contribution is 2.44. The van der Waals surface area contributed by atoms with Crippen LogP contribution in [0.15, 0.2) is 30.3 Å². The van der Waals surface area contributed by atoms with E-state index < -0.39 is 0 Å². The third-order valence-electron chi connectivity index (χ3n) is 3.98. The molecule has 0 heterocycles. The van der Waals surface area contributed by atoms with Crippen molar-refractivity contribution in [1.82, 2.24) is 0 Å². The molecule has 1 N–H and O–H groups in total. The van der Waals surface area contributed by atoms with Gasteiger partial charge in [-0.05, 0) is 50.5 Å². The lowest BCUT2D eigenvalue weighted by Gasteiger charge is -2.17. The zero-order valence-corrected chi connectivity index (χ0v) is 15.6. The van der Waals surface area contributed by atoms with Crippen molar-refractivity contribution in [3.8, 4) is 28.4 Å². The van der Waals surface area contributed by atoms with Gasteiger partial charge < -0.3 is 14.6 Å². The number of carbonyl (C=O) groups excluding carboxylic acids is 2. The van der Waals surface area contributed by atoms with Gasteiger partial charge in [0.2, 0.25) is 5.75 Å². The maximum absolute atomic E-state index is 11.8. The first kappa shape index (κ1) is 19.5. The molecule has 0 aliphatic heterocycles. The molecule has 0 saturated carbocycles. The third kappa shape index (κ3) is 4.23. The number of phenolic OH excluding ortho intramolecular Hbond substituents is 1. The van der Waals surface area contributed by atoms with Crippen LogP contribution in [0, 0.1) is 0 Å². The van der Waals surface area contributed by atoms with E-state index in [1.165, 1.54) is 13.0 Å². The number of hydrogen-bond acceptors (Lipinski definition) is 5. The molecule has 2 rings (SSSR count). The predicted molar refractivity (Wildman–Crippen MR) is 100 cm³/mol. The molecule has 0 aliphatic rings. The van der Waals surface area contributed by atoms with Gasteiger partial charge in [-0.1, -0.05) is 25.1 Å². The minimum absolute atomic E-state index is 0.0159. The maximum atomic E-state index is 11.8. The topological polar surface area (TPSA) is 72.8 Å². The molecule has 138 valence electrons. The van der Waals surface area contributed by atoms with Crippen molar-refractivity contribution in [1.29, 1.82) is 0 Å². The number of aromatic hydroxyl groups is 1. The minimum Gasteiger partial charge on any atom is -0.504 e. The molecule has 2 aromatic rings. The van der Waals surface area contributed by atoms with Crippen LogP contribution < -0.4 is 9.47 Å². The van der Waals surface area contributed by atoms with Crippen LogP contribution >= 0.6 is 0 Å². The molecule has 2 aromatic carbocycles. The number of rotatable bonds is 8. The SMILES string of the molecule is CCOc1c(O)ccc(-c2ccc(C(C)=O)c(CC)c2)c1OCC(C)=O. The number of benzene rings is 2. The van der Waals surface area contributed by atoms with Crippen molar-refractivity contribution in [3.63, 3.8) is 0 Å². The lowest BCUT2D eigenvalue weighted by Crippen LogP contribution is -2.09. The van der Waals surface area contributed by atoms with E-state index >= 15 is 0 Å². The quantitative estimate of drug-likeness (QED) is 0.718. The average Bonchev–Trinajstić information content (AvgIpc) is 2.61. The molecule has 0 fully saturated rings. The fraction of sp³-hybridized carbons (Fsp3) is 0.333. The molecule has 0 amide bonds. The molecule has 0 bridgehead atoms. The zero-order chi connectivity index (χ0) is 19.3. The molecule has 0 atom stereocenters. The normalized spacial score (nSPS) is 10.5. The first-order chi connectivity index (χ1) is 12.4. The average molecular weight is 356 g/mol. The van der Waals surface area contributed by atoms with Crippen LogP contribution in [0.5, 0.6) is 17.2 Å². The van der Waals surface area contributed by atoms with E-state index in [2.05, 4.69) is 0 Å². The highest BCUT2D eigenvalue weighted by molar-refractivity contribution is 5.96. The summed E-state index contributed by atoms with van der Waals surface area (Å²) >= 11 is 0. The molecule has 0 radical (unpaired) electrons. The van der Waals surface area contributed by atoms with Crippen molar-refractivity contribution in [2.45, 2.75) is 34.1 Å². The largest absolute Gasteiger partial charge is 0.504 e. The fourth-order valence-corrected chi connectivity index (χ4v) is 2.78. The second-order valence-corrected chi connectivity index (χ2v) is 6.00. The predicted octanol–water partition coefficient (Wildman–Crippen LogP) is 4.19. The summed E-state index contributed by atoms with van der Waals surface area (Å²) in [5.74, 6) is 0.356. The number of phenols is 1. The lowest BCUT2D eigenvalue weighted by atomic mass is 9.95. The van der Waals surface area contributed by atoms with Crippen molar-refractivity contribution in [3.05, 3.63) is 41.5 Å². The summed E-state index contributed by atoms with van der Waals surface area (Å²) in [6.07, 6.45) is 0.711. The first-order valence-corrected chi connectivity index (χ1v) is 8.64. The summed E-state index contributed by atoms with van der Waals surface area (Å²) < 4.78 is 11.2. The van der Waals surface area contributed by atoms with E-state index in [0.717, 1.165) is 11.1 Å². The first-order valence-electron chi connectivity index (χ1n) is 8.64. The van der Waals surface area contributed by atoms with Crippen molar-refractivity contribution < 1.29 is 24.2 Å². The lowest BCUT2D eigenvalue weighted by molar-refractivity contribution is -0.118. The second-order valence-electron chi connectivity index (χ2n) is 6.00. The Labute approximate surface area is 153 Å². The molecule has 5 heteroatoms. The number of Topliss-reactive ketones (excluding diaryl/α,β-unsaturated/α-hetero) is 2. The number of ketones is 2. The number of hydrogen-bond donors (Lipinski definition) is 1. The summed E-state index contributed by atoms with van der Waals surface area (Å²) in [7, 11) is 0. The standard InChI is InChI=1S/C21H24O5/c1-5-15-11-16(7-8-17(15)14(4)23)18-9-10-19(24)21(25-6-2)20(18)26-12-13(3)22/h7-11,24H,5-6,12H2,1-4H3. The molecule has 0 saturated heterocycles. The Kier molecular flexibility index (Phi) is 6.39. The summed E-state index contributed by atoms with van der Waals surface area (Å²) in [6.45, 7) is 6.99. The minimum atomic E-state index is -0.136. The zero-order valence-electron chi connectivity index (χ0n) is 15.6. The van der Waals surface area contributed by atoms with Crippen LogP contribution in [0.3, 0.4) is 0 Å². The van der Waals surface area contributed by atoms with E-state index in [1.807, 2.05) is 19.1 Å². The highest BCUT2D eigenvalue weighted by Gasteiger charge is 2.19. The molecule has 0 aliphatic carbocycles. The molecule has 0 aromatic heterocycles. The van der Waals surface area contributed by atoms with Gasteiger partial charge in [-0.15, -0.1) is 0 Å². The van der Waals surface area contributed by atoms with Gasteiger partial charge in [0, 0.05) is 11.1 Å². The summed E-state index contributed by atoms with van der Waals surface area (Å²) in [5.41, 5.74) is 3.13. The number of aryl methyl sites for hydroxylation is 1. The van der Waals surface area contributed by atoms with E-state index in [9.17, 15) is 14.7 Å². The molecular weight excluding hydrogens is 332 g/mol. The molecule has 0 unspecified atom stereocenters. The van der Waals surface area contributed by atoms with Crippen LogP contribution in [0.4, 0.5) is 0 Å². The number of ether oxygens (including phenoxy) is 2. The maximum Gasteiger partial charge on any atom is 0.203 e.